The first-order chi connectivity index (χ1) is 6.56. The van der Waals surface area contributed by atoms with E-state index in [0.717, 1.165) is 11.1 Å². The summed E-state index contributed by atoms with van der Waals surface area (Å²) in [5, 5.41) is 17.1. The van der Waals surface area contributed by atoms with E-state index in [1.807, 2.05) is 26.0 Å². The predicted octanol–water partition coefficient (Wildman–Crippen LogP) is 3.20. The number of hydrogen-bond donors (Lipinski definition) is 2. The van der Waals surface area contributed by atoms with Gasteiger partial charge in [-0.05, 0) is 44.0 Å². The molecule has 14 heavy (non-hydrogen) atoms. The molecular formula is C12H15NO. The minimum Gasteiger partial charge on any atom is -0.507 e. The van der Waals surface area contributed by atoms with Crippen LogP contribution in [0.25, 0.3) is 5.57 Å². The van der Waals surface area contributed by atoms with Crippen LogP contribution in [0.3, 0.4) is 0 Å². The second-order valence-electron chi connectivity index (χ2n) is 3.33. The molecule has 1 rings (SSSR count). The van der Waals surface area contributed by atoms with Gasteiger partial charge in [-0.3, -0.25) is 0 Å². The molecule has 0 spiro atoms. The standard InChI is InChI=1S/C12H15NO/c1-4-8(2)10-5-6-11(9(3)13)12(14)7-10/h4-7,13-14H,1-3H3. The van der Waals surface area contributed by atoms with Gasteiger partial charge in [0.05, 0.1) is 0 Å². The van der Waals surface area contributed by atoms with Crippen LogP contribution < -0.4 is 0 Å². The number of benzene rings is 1. The summed E-state index contributed by atoms with van der Waals surface area (Å²) in [5.41, 5.74) is 3.09. The fraction of sp³-hybridized carbons (Fsp3) is 0.250. The van der Waals surface area contributed by atoms with E-state index in [9.17, 15) is 5.11 Å². The average Bonchev–Trinajstić information content (AvgIpc) is 2.15. The molecule has 0 aromatic heterocycles. The molecule has 2 heteroatoms. The molecule has 0 saturated heterocycles. The summed E-state index contributed by atoms with van der Waals surface area (Å²) in [7, 11) is 0. The van der Waals surface area contributed by atoms with Gasteiger partial charge >= 0.3 is 0 Å². The Balaban J connectivity index is 3.19. The third-order valence-electron chi connectivity index (χ3n) is 2.29. The molecule has 0 aliphatic carbocycles. The van der Waals surface area contributed by atoms with Gasteiger partial charge in [0.15, 0.2) is 0 Å². The van der Waals surface area contributed by atoms with Gasteiger partial charge in [-0.1, -0.05) is 12.1 Å². The lowest BCUT2D eigenvalue weighted by Crippen LogP contribution is -1.93. The van der Waals surface area contributed by atoms with Crippen LogP contribution in [-0.2, 0) is 0 Å². The molecule has 0 radical (unpaired) electrons. The van der Waals surface area contributed by atoms with Gasteiger partial charge in [-0.25, -0.2) is 0 Å². The van der Waals surface area contributed by atoms with Gasteiger partial charge in [-0.15, -0.1) is 0 Å². The van der Waals surface area contributed by atoms with Crippen molar-refractivity contribution in [2.24, 2.45) is 0 Å². The van der Waals surface area contributed by atoms with E-state index in [1.54, 1.807) is 19.1 Å². The first-order valence-corrected chi connectivity index (χ1v) is 4.58. The van der Waals surface area contributed by atoms with E-state index >= 15 is 0 Å². The second kappa shape index (κ2) is 4.09. The van der Waals surface area contributed by atoms with Crippen LogP contribution in [0.5, 0.6) is 5.75 Å². The third-order valence-corrected chi connectivity index (χ3v) is 2.29. The lowest BCUT2D eigenvalue weighted by atomic mass is 10.0. The average molecular weight is 189 g/mol. The van der Waals surface area contributed by atoms with Crippen LogP contribution in [-0.4, -0.2) is 10.8 Å². The maximum Gasteiger partial charge on any atom is 0.125 e. The molecule has 0 amide bonds. The van der Waals surface area contributed by atoms with E-state index < -0.39 is 0 Å². The Labute approximate surface area is 84.4 Å². The van der Waals surface area contributed by atoms with Crippen molar-refractivity contribution in [1.82, 2.24) is 0 Å². The highest BCUT2D eigenvalue weighted by molar-refractivity contribution is 5.99. The van der Waals surface area contributed by atoms with Crippen LogP contribution in [0.4, 0.5) is 0 Å². The maximum absolute atomic E-state index is 9.64. The lowest BCUT2D eigenvalue weighted by Gasteiger charge is -2.06. The topological polar surface area (TPSA) is 44.1 Å². The van der Waals surface area contributed by atoms with Crippen molar-refractivity contribution in [2.45, 2.75) is 20.8 Å². The van der Waals surface area contributed by atoms with Crippen molar-refractivity contribution in [2.75, 3.05) is 0 Å². The first kappa shape index (κ1) is 10.5. The molecule has 74 valence electrons. The van der Waals surface area contributed by atoms with Gasteiger partial charge in [0.2, 0.25) is 0 Å². The minimum atomic E-state index is 0.177. The second-order valence-corrected chi connectivity index (χ2v) is 3.33. The lowest BCUT2D eigenvalue weighted by molar-refractivity contribution is 0.474. The predicted molar refractivity (Wildman–Crippen MR) is 59.9 cm³/mol. The van der Waals surface area contributed by atoms with Gasteiger partial charge in [0.1, 0.15) is 5.75 Å². The SMILES string of the molecule is CC=C(C)c1ccc(C(C)=N)c(O)c1. The summed E-state index contributed by atoms with van der Waals surface area (Å²) >= 11 is 0. The van der Waals surface area contributed by atoms with Crippen LogP contribution in [0, 0.1) is 5.41 Å². The Morgan fingerprint density at radius 3 is 2.43 bits per heavy atom. The molecule has 0 atom stereocenters. The quantitative estimate of drug-likeness (QED) is 0.689. The Morgan fingerprint density at radius 2 is 2.00 bits per heavy atom. The molecule has 0 aliphatic rings. The zero-order valence-corrected chi connectivity index (χ0v) is 8.76. The molecular weight excluding hydrogens is 174 g/mol. The summed E-state index contributed by atoms with van der Waals surface area (Å²) in [6.45, 7) is 5.62. The van der Waals surface area contributed by atoms with Crippen molar-refractivity contribution in [3.05, 3.63) is 35.4 Å². The highest BCUT2D eigenvalue weighted by Crippen LogP contribution is 2.23. The highest BCUT2D eigenvalue weighted by atomic mass is 16.3. The van der Waals surface area contributed by atoms with Gasteiger partial charge in [0, 0.05) is 11.3 Å². The Bertz CT molecular complexity index is 391. The summed E-state index contributed by atoms with van der Waals surface area (Å²) in [6, 6.07) is 5.39. The molecule has 0 saturated carbocycles. The molecule has 0 heterocycles. The zero-order chi connectivity index (χ0) is 10.7. The summed E-state index contributed by atoms with van der Waals surface area (Å²) in [4.78, 5) is 0. The summed E-state index contributed by atoms with van der Waals surface area (Å²) < 4.78 is 0. The molecule has 1 aromatic rings. The fourth-order valence-corrected chi connectivity index (χ4v) is 1.26. The Kier molecular flexibility index (Phi) is 3.07. The van der Waals surface area contributed by atoms with Crippen molar-refractivity contribution in [3.63, 3.8) is 0 Å². The van der Waals surface area contributed by atoms with Crippen LogP contribution in [0.2, 0.25) is 0 Å². The van der Waals surface area contributed by atoms with Crippen molar-refractivity contribution >= 4 is 11.3 Å². The van der Waals surface area contributed by atoms with E-state index in [2.05, 4.69) is 0 Å². The number of phenols is 1. The maximum atomic E-state index is 9.64. The smallest absolute Gasteiger partial charge is 0.125 e. The van der Waals surface area contributed by atoms with Crippen LogP contribution >= 0.6 is 0 Å². The summed E-state index contributed by atoms with van der Waals surface area (Å²) in [6.07, 6.45) is 1.99. The van der Waals surface area contributed by atoms with Crippen LogP contribution in [0.15, 0.2) is 24.3 Å². The van der Waals surface area contributed by atoms with Gasteiger partial charge in [-0.2, -0.15) is 0 Å². The minimum absolute atomic E-state index is 0.177. The number of hydrogen-bond acceptors (Lipinski definition) is 2. The molecule has 0 fully saturated rings. The normalized spacial score (nSPS) is 11.5. The van der Waals surface area contributed by atoms with Crippen molar-refractivity contribution < 1.29 is 5.11 Å². The number of rotatable bonds is 2. The van der Waals surface area contributed by atoms with Gasteiger partial charge in [0.25, 0.3) is 0 Å². The molecule has 0 aliphatic heterocycles. The van der Waals surface area contributed by atoms with Crippen molar-refractivity contribution in [3.8, 4) is 5.75 Å². The Hall–Kier alpha value is -1.57. The monoisotopic (exact) mass is 189 g/mol. The summed E-state index contributed by atoms with van der Waals surface area (Å²) in [5.74, 6) is 0.177. The molecule has 0 unspecified atom stereocenters. The number of aromatic hydroxyl groups is 1. The highest BCUT2D eigenvalue weighted by Gasteiger charge is 2.04. The third kappa shape index (κ3) is 2.02. The van der Waals surface area contributed by atoms with E-state index in [0.29, 0.717) is 11.3 Å². The molecule has 0 bridgehead atoms. The van der Waals surface area contributed by atoms with E-state index in [1.165, 1.54) is 0 Å². The molecule has 2 nitrogen and oxygen atoms in total. The Morgan fingerprint density at radius 1 is 1.36 bits per heavy atom. The largest absolute Gasteiger partial charge is 0.507 e. The van der Waals surface area contributed by atoms with Crippen molar-refractivity contribution in [1.29, 1.82) is 5.41 Å². The molecule has 2 N–H and O–H groups in total. The zero-order valence-electron chi connectivity index (χ0n) is 8.76. The molecule has 1 aromatic carbocycles. The van der Waals surface area contributed by atoms with E-state index in [-0.39, 0.29) is 5.75 Å². The fourth-order valence-electron chi connectivity index (χ4n) is 1.26. The van der Waals surface area contributed by atoms with E-state index in [4.69, 9.17) is 5.41 Å². The number of allylic oxidation sites excluding steroid dienone is 2. The first-order valence-electron chi connectivity index (χ1n) is 4.58. The van der Waals surface area contributed by atoms with Gasteiger partial charge < -0.3 is 10.5 Å². The number of phenolic OH excluding ortho intramolecular Hbond substituents is 1. The van der Waals surface area contributed by atoms with Crippen LogP contribution in [0.1, 0.15) is 31.9 Å². The number of nitrogens with one attached hydrogen (secondary N) is 1.